The Balaban J connectivity index is 0.961. The molecule has 4 aromatic heterocycles. The highest BCUT2D eigenvalue weighted by Gasteiger charge is 2.30. The summed E-state index contributed by atoms with van der Waals surface area (Å²) in [5.74, 6) is 4.61. The fourth-order valence-corrected chi connectivity index (χ4v) is 6.91. The van der Waals surface area contributed by atoms with Gasteiger partial charge in [-0.3, -0.25) is 38.8 Å². The molecule has 7 aromatic rings. The maximum absolute atomic E-state index is 12.9. The highest BCUT2D eigenvalue weighted by molar-refractivity contribution is 6.03. The molecule has 1 aliphatic heterocycles. The molecular formula is C41H32N6O5. The third-order valence-electron chi connectivity index (χ3n) is 9.64. The highest BCUT2D eigenvalue weighted by Crippen LogP contribution is 2.34. The Labute approximate surface area is 297 Å². The zero-order valence-corrected chi connectivity index (χ0v) is 28.6. The first kappa shape index (κ1) is 32.4. The number of rotatable bonds is 5. The summed E-state index contributed by atoms with van der Waals surface area (Å²) in [6.07, 6.45) is 5.75. The van der Waals surface area contributed by atoms with Crippen molar-refractivity contribution >= 4 is 50.5 Å². The summed E-state index contributed by atoms with van der Waals surface area (Å²) in [4.78, 5) is 58.5. The maximum Gasteiger partial charge on any atom is 0.328 e. The van der Waals surface area contributed by atoms with E-state index in [2.05, 4.69) is 46.5 Å². The number of nitrogens with zero attached hydrogens (tertiary/aromatic N) is 4. The van der Waals surface area contributed by atoms with Crippen molar-refractivity contribution in [1.29, 1.82) is 0 Å². The molecule has 11 heteroatoms. The first-order valence-corrected chi connectivity index (χ1v) is 16.8. The Kier molecular flexibility index (Phi) is 7.99. The average molecular weight is 689 g/mol. The smallest absolute Gasteiger partial charge is 0.328 e. The number of carbonyl (C=O) groups is 3. The van der Waals surface area contributed by atoms with Crippen LogP contribution in [0.3, 0.4) is 0 Å². The van der Waals surface area contributed by atoms with Gasteiger partial charge in [0.15, 0.2) is 0 Å². The lowest BCUT2D eigenvalue weighted by Gasteiger charge is -2.19. The van der Waals surface area contributed by atoms with Crippen molar-refractivity contribution in [1.82, 2.24) is 29.7 Å². The maximum atomic E-state index is 12.9. The number of furan rings is 1. The molecule has 5 heterocycles. The molecule has 3 amide bonds. The minimum atomic E-state index is -0.463. The molecule has 11 nitrogen and oxygen atoms in total. The summed E-state index contributed by atoms with van der Waals surface area (Å²) in [5, 5.41) is 7.95. The first-order chi connectivity index (χ1) is 25.1. The quantitative estimate of drug-likeness (QED) is 0.180. The SMILES string of the molecule is Cc1cc(-c2ccc3c(c2)n(C)c(=O)n3C)c2cnc(-c3ccc(C(=O)NCC#Cc4ccc5occ(C6CCC(=O)NC6=O)c5c4)nc3)cc2c1. The van der Waals surface area contributed by atoms with Gasteiger partial charge in [0, 0.05) is 60.4 Å². The van der Waals surface area contributed by atoms with E-state index in [1.165, 1.54) is 0 Å². The van der Waals surface area contributed by atoms with Crippen molar-refractivity contribution < 1.29 is 18.8 Å². The van der Waals surface area contributed by atoms with Crippen molar-refractivity contribution in [3.63, 3.8) is 0 Å². The number of carbonyl (C=O) groups excluding carboxylic acids is 3. The van der Waals surface area contributed by atoms with Crippen LogP contribution in [0.15, 0.2) is 94.6 Å². The largest absolute Gasteiger partial charge is 0.464 e. The second-order valence-electron chi connectivity index (χ2n) is 13.0. The lowest BCUT2D eigenvalue weighted by Crippen LogP contribution is -2.39. The van der Waals surface area contributed by atoms with E-state index in [0.717, 1.165) is 60.7 Å². The summed E-state index contributed by atoms with van der Waals surface area (Å²) in [6.45, 7) is 2.16. The van der Waals surface area contributed by atoms with Gasteiger partial charge in [-0.15, -0.1) is 0 Å². The molecule has 0 radical (unpaired) electrons. The van der Waals surface area contributed by atoms with Crippen LogP contribution in [0.25, 0.3) is 55.2 Å². The Hall–Kier alpha value is -6.80. The first-order valence-electron chi connectivity index (χ1n) is 16.8. The molecule has 1 unspecified atom stereocenters. The molecule has 3 aromatic carbocycles. The molecule has 2 N–H and O–H groups in total. The van der Waals surface area contributed by atoms with Gasteiger partial charge in [-0.25, -0.2) is 4.79 Å². The van der Waals surface area contributed by atoms with Crippen LogP contribution in [0.2, 0.25) is 0 Å². The van der Waals surface area contributed by atoms with E-state index in [0.29, 0.717) is 17.6 Å². The van der Waals surface area contributed by atoms with Gasteiger partial charge in [0.2, 0.25) is 11.8 Å². The van der Waals surface area contributed by atoms with Gasteiger partial charge in [-0.05, 0) is 84.0 Å². The van der Waals surface area contributed by atoms with Gasteiger partial charge >= 0.3 is 5.69 Å². The van der Waals surface area contributed by atoms with Gasteiger partial charge < -0.3 is 9.73 Å². The van der Waals surface area contributed by atoms with E-state index in [1.54, 1.807) is 47.8 Å². The van der Waals surface area contributed by atoms with E-state index >= 15 is 0 Å². The molecule has 1 saturated heterocycles. The molecule has 1 aliphatic rings. The Morgan fingerprint density at radius 3 is 2.56 bits per heavy atom. The van der Waals surface area contributed by atoms with Crippen molar-refractivity contribution in [3.8, 4) is 34.2 Å². The minimum Gasteiger partial charge on any atom is -0.464 e. The molecule has 256 valence electrons. The predicted molar refractivity (Wildman–Crippen MR) is 197 cm³/mol. The molecular weight excluding hydrogens is 656 g/mol. The lowest BCUT2D eigenvalue weighted by atomic mass is 9.90. The average Bonchev–Trinajstić information content (AvgIpc) is 3.66. The van der Waals surface area contributed by atoms with Crippen LogP contribution in [-0.2, 0) is 23.7 Å². The van der Waals surface area contributed by atoms with E-state index in [4.69, 9.17) is 9.40 Å². The molecule has 0 spiro atoms. The van der Waals surface area contributed by atoms with Crippen LogP contribution in [-0.4, -0.2) is 43.4 Å². The minimum absolute atomic E-state index is 0.0669. The number of imide groups is 1. The van der Waals surface area contributed by atoms with Crippen molar-refractivity contribution in [2.75, 3.05) is 6.54 Å². The highest BCUT2D eigenvalue weighted by atomic mass is 16.3. The van der Waals surface area contributed by atoms with Crippen LogP contribution in [0.4, 0.5) is 0 Å². The topological polar surface area (TPSA) is 141 Å². The monoisotopic (exact) mass is 688 g/mol. The fourth-order valence-electron chi connectivity index (χ4n) is 6.91. The summed E-state index contributed by atoms with van der Waals surface area (Å²) >= 11 is 0. The van der Waals surface area contributed by atoms with E-state index in [9.17, 15) is 19.2 Å². The number of hydrogen-bond donors (Lipinski definition) is 2. The number of hydrogen-bond acceptors (Lipinski definition) is 7. The van der Waals surface area contributed by atoms with Crippen LogP contribution in [0.5, 0.6) is 0 Å². The number of imidazole rings is 1. The van der Waals surface area contributed by atoms with Crippen molar-refractivity contribution in [2.45, 2.75) is 25.7 Å². The van der Waals surface area contributed by atoms with Crippen LogP contribution in [0, 0.1) is 18.8 Å². The standard InChI is InChI=1S/C41H32N6O5/c1-23-15-27-18-34(44-21-31(27)29(16-23)25-8-11-35-36(19-25)47(3)41(51)46(35)2)26-7-10-33(43-20-26)40(50)42-14-4-5-24-6-12-37-30(17-24)32(22-52-37)28-9-13-38(48)45-39(28)49/h6-8,10-12,15-22,28H,9,13-14H2,1-3H3,(H,42,50)(H,45,48,49). The number of aromatic nitrogens is 4. The molecule has 52 heavy (non-hydrogen) atoms. The van der Waals surface area contributed by atoms with Crippen molar-refractivity contribution in [2.24, 2.45) is 14.1 Å². The number of pyridine rings is 2. The second-order valence-corrected chi connectivity index (χ2v) is 13.0. The number of benzene rings is 3. The zero-order valence-electron chi connectivity index (χ0n) is 28.6. The molecule has 1 fully saturated rings. The zero-order chi connectivity index (χ0) is 36.1. The van der Waals surface area contributed by atoms with Gasteiger partial charge in [0.05, 0.1) is 35.5 Å². The van der Waals surface area contributed by atoms with E-state index in [1.807, 2.05) is 48.7 Å². The molecule has 1 atom stereocenters. The fraction of sp³-hybridized carbons (Fsp3) is 0.171. The second kappa shape index (κ2) is 12.8. The Morgan fingerprint density at radius 2 is 1.75 bits per heavy atom. The van der Waals surface area contributed by atoms with Crippen molar-refractivity contribution in [3.05, 3.63) is 118 Å². The molecule has 0 saturated carbocycles. The predicted octanol–water partition coefficient (Wildman–Crippen LogP) is 5.51. The number of fused-ring (bicyclic) bond motifs is 3. The summed E-state index contributed by atoms with van der Waals surface area (Å²) in [5.41, 5.74) is 8.59. The van der Waals surface area contributed by atoms with Gasteiger partial charge in [-0.2, -0.15) is 0 Å². The van der Waals surface area contributed by atoms with Crippen LogP contribution < -0.4 is 16.3 Å². The van der Waals surface area contributed by atoms with Gasteiger partial charge in [0.25, 0.3) is 5.91 Å². The van der Waals surface area contributed by atoms with Gasteiger partial charge in [0.1, 0.15) is 11.3 Å². The van der Waals surface area contributed by atoms with Crippen LogP contribution >= 0.6 is 0 Å². The summed E-state index contributed by atoms with van der Waals surface area (Å²) in [7, 11) is 3.55. The molecule has 0 bridgehead atoms. The van der Waals surface area contributed by atoms with E-state index in [-0.39, 0.29) is 42.1 Å². The third kappa shape index (κ3) is 5.80. The number of nitrogens with one attached hydrogen (secondary N) is 2. The van der Waals surface area contributed by atoms with Gasteiger partial charge in [-0.1, -0.05) is 30.0 Å². The third-order valence-corrected chi connectivity index (χ3v) is 9.64. The number of piperidine rings is 1. The molecule has 8 rings (SSSR count). The Bertz CT molecular complexity index is 2740. The number of aryl methyl sites for hydroxylation is 3. The number of amides is 3. The molecule has 0 aliphatic carbocycles. The van der Waals surface area contributed by atoms with E-state index < -0.39 is 5.92 Å². The summed E-state index contributed by atoms with van der Waals surface area (Å²) in [6, 6.07) is 21.2. The normalized spacial score (nSPS) is 14.4. The lowest BCUT2D eigenvalue weighted by molar-refractivity contribution is -0.134. The summed E-state index contributed by atoms with van der Waals surface area (Å²) < 4.78 is 8.95. The van der Waals surface area contributed by atoms with Crippen LogP contribution in [0.1, 0.15) is 45.9 Å². The Morgan fingerprint density at radius 1 is 0.923 bits per heavy atom.